The third-order valence-corrected chi connectivity index (χ3v) is 2.66. The molecule has 15 heavy (non-hydrogen) atoms. The van der Waals surface area contributed by atoms with Crippen LogP contribution in [0.4, 0.5) is 5.69 Å². The molecule has 0 bridgehead atoms. The van der Waals surface area contributed by atoms with E-state index in [1.54, 1.807) is 18.5 Å². The zero-order chi connectivity index (χ0) is 10.8. The van der Waals surface area contributed by atoms with Crippen LogP contribution in [0.25, 0.3) is 11.4 Å². The molecule has 1 aromatic carbocycles. The van der Waals surface area contributed by atoms with E-state index in [1.807, 2.05) is 12.1 Å². The Balaban J connectivity index is 2.53. The molecule has 2 rings (SSSR count). The van der Waals surface area contributed by atoms with Crippen molar-refractivity contribution in [1.82, 2.24) is 9.97 Å². The standard InChI is InChI=1S/C10H7BrClN3/c11-6-1-2-9(12)8(3-6)10-14-4-7(13)5-15-10/h1-5H,13H2. The minimum atomic E-state index is 0.532. The summed E-state index contributed by atoms with van der Waals surface area (Å²) in [6.45, 7) is 0. The van der Waals surface area contributed by atoms with Crippen molar-refractivity contribution < 1.29 is 0 Å². The average molecular weight is 285 g/mol. The van der Waals surface area contributed by atoms with Crippen LogP contribution in [-0.2, 0) is 0 Å². The van der Waals surface area contributed by atoms with Crippen LogP contribution in [0.1, 0.15) is 0 Å². The summed E-state index contributed by atoms with van der Waals surface area (Å²) in [7, 11) is 0. The Morgan fingerprint density at radius 2 is 1.87 bits per heavy atom. The molecule has 0 atom stereocenters. The van der Waals surface area contributed by atoms with Crippen LogP contribution in [-0.4, -0.2) is 9.97 Å². The predicted octanol–water partition coefficient (Wildman–Crippen LogP) is 3.14. The van der Waals surface area contributed by atoms with Gasteiger partial charge in [-0.15, -0.1) is 0 Å². The van der Waals surface area contributed by atoms with Crippen LogP contribution in [0, 0.1) is 0 Å². The van der Waals surface area contributed by atoms with Gasteiger partial charge >= 0.3 is 0 Å². The highest BCUT2D eigenvalue weighted by Gasteiger charge is 2.06. The number of aromatic nitrogens is 2. The van der Waals surface area contributed by atoms with Crippen LogP contribution >= 0.6 is 27.5 Å². The number of nitrogens with zero attached hydrogens (tertiary/aromatic N) is 2. The molecule has 0 saturated heterocycles. The molecule has 76 valence electrons. The summed E-state index contributed by atoms with van der Waals surface area (Å²) >= 11 is 9.41. The molecule has 0 saturated carbocycles. The van der Waals surface area contributed by atoms with E-state index in [-0.39, 0.29) is 0 Å². The Hall–Kier alpha value is -1.13. The van der Waals surface area contributed by atoms with Crippen molar-refractivity contribution in [2.75, 3.05) is 5.73 Å². The number of rotatable bonds is 1. The molecule has 5 heteroatoms. The van der Waals surface area contributed by atoms with E-state index in [1.165, 1.54) is 0 Å². The second kappa shape index (κ2) is 4.16. The fourth-order valence-corrected chi connectivity index (χ4v) is 1.71. The summed E-state index contributed by atoms with van der Waals surface area (Å²) in [6.07, 6.45) is 3.11. The maximum Gasteiger partial charge on any atom is 0.160 e. The molecular weight excluding hydrogens is 277 g/mol. The van der Waals surface area contributed by atoms with Gasteiger partial charge in [0.05, 0.1) is 23.1 Å². The number of hydrogen-bond donors (Lipinski definition) is 1. The number of nitrogen functional groups attached to an aromatic ring is 1. The quantitative estimate of drug-likeness (QED) is 0.875. The Morgan fingerprint density at radius 3 is 2.53 bits per heavy atom. The predicted molar refractivity (Wildman–Crippen MR) is 64.6 cm³/mol. The lowest BCUT2D eigenvalue weighted by atomic mass is 10.2. The van der Waals surface area contributed by atoms with Crippen molar-refractivity contribution in [2.24, 2.45) is 0 Å². The van der Waals surface area contributed by atoms with Crippen LogP contribution in [0.3, 0.4) is 0 Å². The number of nitrogens with two attached hydrogens (primary N) is 1. The Bertz CT molecular complexity index is 485. The van der Waals surface area contributed by atoms with Gasteiger partial charge < -0.3 is 5.73 Å². The molecule has 0 aliphatic heterocycles. The molecule has 0 radical (unpaired) electrons. The second-order valence-corrected chi connectivity index (χ2v) is 4.29. The van der Waals surface area contributed by atoms with E-state index in [0.717, 1.165) is 10.0 Å². The zero-order valence-electron chi connectivity index (χ0n) is 7.61. The summed E-state index contributed by atoms with van der Waals surface area (Å²) in [4.78, 5) is 8.22. The third kappa shape index (κ3) is 2.27. The zero-order valence-corrected chi connectivity index (χ0v) is 9.96. The molecule has 0 fully saturated rings. The monoisotopic (exact) mass is 283 g/mol. The highest BCUT2D eigenvalue weighted by molar-refractivity contribution is 9.10. The lowest BCUT2D eigenvalue weighted by Gasteiger charge is -2.03. The maximum absolute atomic E-state index is 6.04. The normalized spacial score (nSPS) is 10.3. The van der Waals surface area contributed by atoms with E-state index < -0.39 is 0 Å². The van der Waals surface area contributed by atoms with Crippen molar-refractivity contribution in [3.8, 4) is 11.4 Å². The van der Waals surface area contributed by atoms with Crippen molar-refractivity contribution in [3.05, 3.63) is 40.1 Å². The van der Waals surface area contributed by atoms with E-state index in [4.69, 9.17) is 17.3 Å². The van der Waals surface area contributed by atoms with Gasteiger partial charge in [0.25, 0.3) is 0 Å². The van der Waals surface area contributed by atoms with Gasteiger partial charge in [0.15, 0.2) is 5.82 Å². The van der Waals surface area contributed by atoms with Gasteiger partial charge in [-0.1, -0.05) is 27.5 Å². The van der Waals surface area contributed by atoms with Crippen LogP contribution in [0.2, 0.25) is 5.02 Å². The average Bonchev–Trinajstić information content (AvgIpc) is 2.23. The Kier molecular flexibility index (Phi) is 2.88. The van der Waals surface area contributed by atoms with E-state index in [0.29, 0.717) is 16.5 Å². The lowest BCUT2D eigenvalue weighted by molar-refractivity contribution is 1.18. The summed E-state index contributed by atoms with van der Waals surface area (Å²) in [5.41, 5.74) is 6.82. The molecule has 1 aromatic heterocycles. The summed E-state index contributed by atoms with van der Waals surface area (Å²) in [5.74, 6) is 0.565. The first-order valence-corrected chi connectivity index (χ1v) is 5.37. The number of anilines is 1. The van der Waals surface area contributed by atoms with Gasteiger partial charge in [-0.05, 0) is 18.2 Å². The minimum Gasteiger partial charge on any atom is -0.396 e. The number of hydrogen-bond acceptors (Lipinski definition) is 3. The van der Waals surface area contributed by atoms with Gasteiger partial charge in [-0.2, -0.15) is 0 Å². The molecule has 0 amide bonds. The van der Waals surface area contributed by atoms with E-state index in [2.05, 4.69) is 25.9 Å². The molecule has 0 spiro atoms. The van der Waals surface area contributed by atoms with Gasteiger partial charge in [0.2, 0.25) is 0 Å². The van der Waals surface area contributed by atoms with Crippen molar-refractivity contribution in [2.45, 2.75) is 0 Å². The first kappa shape index (κ1) is 10.4. The van der Waals surface area contributed by atoms with Crippen molar-refractivity contribution in [1.29, 1.82) is 0 Å². The van der Waals surface area contributed by atoms with Crippen molar-refractivity contribution >= 4 is 33.2 Å². The van der Waals surface area contributed by atoms with Crippen LogP contribution in [0.15, 0.2) is 35.1 Å². The molecule has 2 N–H and O–H groups in total. The van der Waals surface area contributed by atoms with E-state index >= 15 is 0 Å². The van der Waals surface area contributed by atoms with Crippen molar-refractivity contribution in [3.63, 3.8) is 0 Å². The highest BCUT2D eigenvalue weighted by Crippen LogP contribution is 2.28. The highest BCUT2D eigenvalue weighted by atomic mass is 79.9. The van der Waals surface area contributed by atoms with Gasteiger partial charge in [0, 0.05) is 10.0 Å². The lowest BCUT2D eigenvalue weighted by Crippen LogP contribution is -1.92. The van der Waals surface area contributed by atoms with Crippen LogP contribution in [0.5, 0.6) is 0 Å². The molecular formula is C10H7BrClN3. The first-order chi connectivity index (χ1) is 7.16. The summed E-state index contributed by atoms with van der Waals surface area (Å²) in [6, 6.07) is 5.53. The fraction of sp³-hybridized carbons (Fsp3) is 0. The maximum atomic E-state index is 6.04. The molecule has 3 nitrogen and oxygen atoms in total. The number of benzene rings is 1. The molecule has 0 aliphatic carbocycles. The van der Waals surface area contributed by atoms with Gasteiger partial charge in [-0.3, -0.25) is 0 Å². The Labute approximate surface area is 100 Å². The van der Waals surface area contributed by atoms with E-state index in [9.17, 15) is 0 Å². The largest absolute Gasteiger partial charge is 0.396 e. The summed E-state index contributed by atoms with van der Waals surface area (Å²) in [5, 5.41) is 0.614. The fourth-order valence-electron chi connectivity index (χ4n) is 1.15. The SMILES string of the molecule is Nc1cnc(-c2cc(Br)ccc2Cl)nc1. The molecule has 0 aliphatic rings. The first-order valence-electron chi connectivity index (χ1n) is 4.20. The summed E-state index contributed by atoms with van der Waals surface area (Å²) < 4.78 is 0.933. The minimum absolute atomic E-state index is 0.532. The van der Waals surface area contributed by atoms with Gasteiger partial charge in [0.1, 0.15) is 0 Å². The smallest absolute Gasteiger partial charge is 0.160 e. The molecule has 0 unspecified atom stereocenters. The molecule has 2 aromatic rings. The second-order valence-electron chi connectivity index (χ2n) is 2.96. The topological polar surface area (TPSA) is 51.8 Å². The van der Waals surface area contributed by atoms with Crippen LogP contribution < -0.4 is 5.73 Å². The number of halogens is 2. The third-order valence-electron chi connectivity index (χ3n) is 1.84. The Morgan fingerprint density at radius 1 is 1.20 bits per heavy atom. The van der Waals surface area contributed by atoms with Gasteiger partial charge in [-0.25, -0.2) is 9.97 Å². The molecule has 1 heterocycles.